The molecule has 0 amide bonds. The number of aryl methyl sites for hydroxylation is 1. The van der Waals surface area contributed by atoms with Gasteiger partial charge in [-0.2, -0.15) is 4.57 Å². The predicted octanol–water partition coefficient (Wildman–Crippen LogP) is 6.24. The van der Waals surface area contributed by atoms with Gasteiger partial charge in [0.05, 0.1) is 16.7 Å². The Hall–Kier alpha value is -3.06. The molecule has 5 rings (SSSR count). The van der Waals surface area contributed by atoms with Crippen molar-refractivity contribution < 1.29 is 14.5 Å². The number of carboxylic acid groups (broad SMARTS) is 1. The first-order valence-electron chi connectivity index (χ1n) is 11.4. The van der Waals surface area contributed by atoms with Crippen molar-refractivity contribution in [2.45, 2.75) is 25.3 Å². The second-order valence-electron chi connectivity index (χ2n) is 8.03. The molecule has 0 radical (unpaired) electrons. The van der Waals surface area contributed by atoms with Crippen LogP contribution in [0, 0.1) is 0 Å². The van der Waals surface area contributed by atoms with Crippen molar-refractivity contribution in [1.29, 1.82) is 0 Å². The maximum atomic E-state index is 12.0. The number of aromatic carboxylic acids is 1. The van der Waals surface area contributed by atoms with Gasteiger partial charge in [0.2, 0.25) is 5.52 Å². The van der Waals surface area contributed by atoms with Gasteiger partial charge in [-0.25, -0.2) is 0 Å². The molecule has 0 aliphatic carbocycles. The van der Waals surface area contributed by atoms with Crippen molar-refractivity contribution in [3.8, 4) is 0 Å². The zero-order valence-electron chi connectivity index (χ0n) is 19.3. The maximum absolute atomic E-state index is 12.0. The van der Waals surface area contributed by atoms with E-state index in [0.29, 0.717) is 10.6 Å². The lowest BCUT2D eigenvalue weighted by molar-refractivity contribution is -0.665. The predicted molar refractivity (Wildman–Crippen MR) is 145 cm³/mol. The molecule has 0 unspecified atom stereocenters. The maximum Gasteiger partial charge on any atom is 0.263 e. The number of para-hydroxylation sites is 1. The average molecular weight is 519 g/mol. The van der Waals surface area contributed by atoms with E-state index >= 15 is 0 Å². The molecule has 0 bridgehead atoms. The van der Waals surface area contributed by atoms with Crippen molar-refractivity contribution >= 4 is 68.2 Å². The van der Waals surface area contributed by atoms with Crippen molar-refractivity contribution in [3.05, 3.63) is 99.0 Å². The molecule has 4 nitrogen and oxygen atoms in total. The summed E-state index contributed by atoms with van der Waals surface area (Å²) in [5.41, 5.74) is 3.85. The van der Waals surface area contributed by atoms with Gasteiger partial charge in [-0.15, -0.1) is 0 Å². The van der Waals surface area contributed by atoms with Crippen LogP contribution in [0.1, 0.15) is 34.8 Å². The summed E-state index contributed by atoms with van der Waals surface area (Å²) in [6.07, 6.45) is 4.17. The van der Waals surface area contributed by atoms with Crippen LogP contribution < -0.4 is 14.6 Å². The Bertz CT molecular complexity index is 1510. The first-order valence-corrected chi connectivity index (χ1v) is 13.4. The number of hydrogen-bond acceptors (Lipinski definition) is 5. The molecule has 1 aliphatic heterocycles. The van der Waals surface area contributed by atoms with E-state index < -0.39 is 5.97 Å². The summed E-state index contributed by atoms with van der Waals surface area (Å²) in [4.78, 5) is 15.4. The molecule has 2 heterocycles. The van der Waals surface area contributed by atoms with Crippen LogP contribution in [0.25, 0.3) is 21.9 Å². The highest BCUT2D eigenvalue weighted by atomic mass is 35.5. The zero-order chi connectivity index (χ0) is 24.5. The van der Waals surface area contributed by atoms with E-state index in [1.165, 1.54) is 10.2 Å². The summed E-state index contributed by atoms with van der Waals surface area (Å²) < 4.78 is 3.45. The Kier molecular flexibility index (Phi) is 6.69. The molecule has 1 aromatic heterocycles. The quantitative estimate of drug-likeness (QED) is 0.283. The Morgan fingerprint density at radius 2 is 1.80 bits per heavy atom. The lowest BCUT2D eigenvalue weighted by Gasteiger charge is -2.19. The summed E-state index contributed by atoms with van der Waals surface area (Å²) in [5.74, 6) is -1.19. The first kappa shape index (κ1) is 23.7. The van der Waals surface area contributed by atoms with E-state index in [-0.39, 0.29) is 5.56 Å². The molecule has 7 heteroatoms. The Labute approximate surface area is 217 Å². The van der Waals surface area contributed by atoms with Gasteiger partial charge in [0.25, 0.3) is 5.01 Å². The molecular weight excluding hydrogens is 496 g/mol. The molecule has 4 aromatic rings. The van der Waals surface area contributed by atoms with Crippen LogP contribution in [0.15, 0.2) is 82.7 Å². The van der Waals surface area contributed by atoms with Crippen LogP contribution in [0.2, 0.25) is 5.02 Å². The zero-order valence-corrected chi connectivity index (χ0v) is 21.7. The first-order chi connectivity index (χ1) is 17.0. The Morgan fingerprint density at radius 3 is 2.54 bits per heavy atom. The van der Waals surface area contributed by atoms with E-state index in [0.717, 1.165) is 39.3 Å². The van der Waals surface area contributed by atoms with Crippen molar-refractivity contribution in [1.82, 2.24) is 0 Å². The summed E-state index contributed by atoms with van der Waals surface area (Å²) in [7, 11) is 0. The topological polar surface area (TPSA) is 47.2 Å². The van der Waals surface area contributed by atoms with Gasteiger partial charge in [-0.3, -0.25) is 0 Å². The molecule has 0 atom stereocenters. The number of fused-ring (bicyclic) bond motifs is 2. The highest BCUT2D eigenvalue weighted by Gasteiger charge is 2.26. The van der Waals surface area contributed by atoms with Gasteiger partial charge >= 0.3 is 0 Å². The number of carbonyl (C=O) groups excluding carboxylic acids is 1. The third-order valence-corrected chi connectivity index (χ3v) is 8.44. The molecular formula is C28H23ClN2O2S2. The fourth-order valence-corrected chi connectivity index (χ4v) is 6.87. The number of anilines is 1. The third-order valence-electron chi connectivity index (χ3n) is 5.98. The third kappa shape index (κ3) is 4.49. The normalized spacial score (nSPS) is 14.7. The number of thiazole rings is 1. The Morgan fingerprint density at radius 1 is 1.06 bits per heavy atom. The fraction of sp³-hybridized carbons (Fsp3) is 0.143. The van der Waals surface area contributed by atoms with E-state index in [4.69, 9.17) is 11.6 Å². The van der Waals surface area contributed by atoms with Crippen LogP contribution in [-0.2, 0) is 6.54 Å². The van der Waals surface area contributed by atoms with Crippen LogP contribution in [0.3, 0.4) is 0 Å². The van der Waals surface area contributed by atoms with Crippen molar-refractivity contribution in [2.75, 3.05) is 11.4 Å². The number of halogens is 1. The number of rotatable bonds is 6. The SMILES string of the molecule is CCN1/C(=C/C(=C/c2sc3ccccc3[n+]2CC)c2ccccc2C(=O)[O-])Sc2ccc(Cl)cc21. The molecule has 35 heavy (non-hydrogen) atoms. The van der Waals surface area contributed by atoms with Gasteiger partial charge in [0, 0.05) is 34.2 Å². The minimum absolute atomic E-state index is 0.173. The van der Waals surface area contributed by atoms with Crippen LogP contribution in [0.4, 0.5) is 5.69 Å². The number of carboxylic acids is 1. The van der Waals surface area contributed by atoms with Gasteiger partial charge in [0.1, 0.15) is 11.2 Å². The lowest BCUT2D eigenvalue weighted by Crippen LogP contribution is -2.33. The number of benzene rings is 3. The van der Waals surface area contributed by atoms with Gasteiger partial charge in [0.15, 0.2) is 0 Å². The summed E-state index contributed by atoms with van der Waals surface area (Å²) in [5, 5.41) is 14.8. The molecule has 1 aliphatic rings. The van der Waals surface area contributed by atoms with Gasteiger partial charge in [-0.1, -0.05) is 71.1 Å². The summed E-state index contributed by atoms with van der Waals surface area (Å²) in [6.45, 7) is 5.79. The van der Waals surface area contributed by atoms with Crippen LogP contribution in [0.5, 0.6) is 0 Å². The van der Waals surface area contributed by atoms with Gasteiger partial charge in [-0.05, 0) is 55.3 Å². The highest BCUT2D eigenvalue weighted by Crippen LogP contribution is 2.47. The van der Waals surface area contributed by atoms with E-state index in [9.17, 15) is 9.90 Å². The molecule has 0 N–H and O–H groups in total. The number of nitrogens with zero attached hydrogens (tertiary/aromatic N) is 2. The minimum Gasteiger partial charge on any atom is -0.545 e. The second-order valence-corrected chi connectivity index (χ2v) is 10.6. The van der Waals surface area contributed by atoms with E-state index in [1.54, 1.807) is 35.2 Å². The average Bonchev–Trinajstić information content (AvgIpc) is 3.39. The monoisotopic (exact) mass is 518 g/mol. The molecule has 0 spiro atoms. The Balaban J connectivity index is 1.72. The minimum atomic E-state index is -1.19. The number of thioether (sulfide) groups is 1. The number of allylic oxidation sites excluding steroid dienone is 2. The number of carbonyl (C=O) groups is 1. The largest absolute Gasteiger partial charge is 0.545 e. The molecule has 0 saturated heterocycles. The van der Waals surface area contributed by atoms with Crippen LogP contribution in [-0.4, -0.2) is 12.5 Å². The molecule has 3 aromatic carbocycles. The second kappa shape index (κ2) is 9.90. The summed E-state index contributed by atoms with van der Waals surface area (Å²) in [6, 6.07) is 21.2. The van der Waals surface area contributed by atoms with Gasteiger partial charge < -0.3 is 14.8 Å². The van der Waals surface area contributed by atoms with Crippen molar-refractivity contribution in [2.24, 2.45) is 0 Å². The lowest BCUT2D eigenvalue weighted by atomic mass is 9.99. The highest BCUT2D eigenvalue weighted by molar-refractivity contribution is 8.03. The molecule has 176 valence electrons. The standard InChI is InChI=1S/C28H23ClN2O2S2/c1-3-30-22-11-7-8-12-24(22)34-26(30)15-18(20-9-5-6-10-21(20)28(32)33)16-27-31(4-2)23-17-19(29)13-14-25(23)35-27/h5-17H,3-4H2,1-2H3. The van der Waals surface area contributed by atoms with Crippen molar-refractivity contribution in [3.63, 3.8) is 0 Å². The number of hydrogen-bond donors (Lipinski definition) is 0. The van der Waals surface area contributed by atoms with E-state index in [2.05, 4.69) is 47.6 Å². The fourth-order valence-electron chi connectivity index (χ4n) is 4.37. The molecule has 0 saturated carbocycles. The summed E-state index contributed by atoms with van der Waals surface area (Å²) >= 11 is 9.65. The number of aromatic nitrogens is 1. The smallest absolute Gasteiger partial charge is 0.263 e. The van der Waals surface area contributed by atoms with E-state index in [1.807, 2.05) is 42.5 Å². The molecule has 0 fully saturated rings. The van der Waals surface area contributed by atoms with Crippen LogP contribution >= 0.6 is 34.7 Å².